The summed E-state index contributed by atoms with van der Waals surface area (Å²) < 4.78 is 15.8. The molecule has 100 valence electrons. The summed E-state index contributed by atoms with van der Waals surface area (Å²) in [4.78, 5) is 0. The fraction of sp³-hybridized carbons (Fsp3) is 0.571. The van der Waals surface area contributed by atoms with Gasteiger partial charge in [-0.1, -0.05) is 0 Å². The highest BCUT2D eigenvalue weighted by Crippen LogP contribution is 2.36. The van der Waals surface area contributed by atoms with E-state index in [4.69, 9.17) is 14.2 Å². The number of rotatable bonds is 5. The minimum absolute atomic E-state index is 0.121. The Morgan fingerprint density at radius 1 is 1.22 bits per heavy atom. The summed E-state index contributed by atoms with van der Waals surface area (Å²) in [6.45, 7) is 3.44. The quantitative estimate of drug-likeness (QED) is 0.864. The van der Waals surface area contributed by atoms with Crippen molar-refractivity contribution in [3.05, 3.63) is 23.3 Å². The molecule has 4 nitrogen and oxygen atoms in total. The SMILES string of the molecule is COc1cc(C)c(CC2(CO)COC2)cc1OC. The van der Waals surface area contributed by atoms with Gasteiger partial charge in [-0.2, -0.15) is 0 Å². The molecule has 18 heavy (non-hydrogen) atoms. The summed E-state index contributed by atoms with van der Waals surface area (Å²) >= 11 is 0. The smallest absolute Gasteiger partial charge is 0.161 e. The van der Waals surface area contributed by atoms with Gasteiger partial charge in [-0.3, -0.25) is 0 Å². The Labute approximate surface area is 107 Å². The van der Waals surface area contributed by atoms with E-state index in [1.165, 1.54) is 5.56 Å². The molecule has 1 aliphatic rings. The van der Waals surface area contributed by atoms with Crippen molar-refractivity contribution in [1.82, 2.24) is 0 Å². The third-order valence-corrected chi connectivity index (χ3v) is 3.56. The lowest BCUT2D eigenvalue weighted by Gasteiger charge is -2.40. The van der Waals surface area contributed by atoms with Crippen molar-refractivity contribution in [3.8, 4) is 11.5 Å². The molecule has 0 bridgehead atoms. The molecule has 2 rings (SSSR count). The Bertz CT molecular complexity index is 419. The first-order valence-electron chi connectivity index (χ1n) is 6.04. The van der Waals surface area contributed by atoms with Crippen molar-refractivity contribution in [2.45, 2.75) is 13.3 Å². The van der Waals surface area contributed by atoms with E-state index in [2.05, 4.69) is 0 Å². The van der Waals surface area contributed by atoms with Crippen LogP contribution in [0.1, 0.15) is 11.1 Å². The van der Waals surface area contributed by atoms with Crippen molar-refractivity contribution in [2.75, 3.05) is 34.0 Å². The van der Waals surface area contributed by atoms with Crippen LogP contribution < -0.4 is 9.47 Å². The molecule has 1 heterocycles. The maximum atomic E-state index is 9.48. The second kappa shape index (κ2) is 5.16. The molecule has 1 aromatic rings. The van der Waals surface area contributed by atoms with Crippen LogP contribution in [-0.4, -0.2) is 39.1 Å². The van der Waals surface area contributed by atoms with Crippen LogP contribution in [0.4, 0.5) is 0 Å². The van der Waals surface area contributed by atoms with Gasteiger partial charge in [-0.15, -0.1) is 0 Å². The zero-order chi connectivity index (χ0) is 13.2. The molecule has 1 aromatic carbocycles. The first-order chi connectivity index (χ1) is 8.64. The van der Waals surface area contributed by atoms with Gasteiger partial charge in [-0.05, 0) is 36.6 Å². The Kier molecular flexibility index (Phi) is 3.78. The number of aryl methyl sites for hydroxylation is 1. The maximum Gasteiger partial charge on any atom is 0.161 e. The topological polar surface area (TPSA) is 47.9 Å². The van der Waals surface area contributed by atoms with Crippen LogP contribution in [0.25, 0.3) is 0 Å². The van der Waals surface area contributed by atoms with Crippen LogP contribution in [-0.2, 0) is 11.2 Å². The molecule has 0 atom stereocenters. The summed E-state index contributed by atoms with van der Waals surface area (Å²) in [7, 11) is 3.26. The molecule has 0 aromatic heterocycles. The average molecular weight is 252 g/mol. The fourth-order valence-corrected chi connectivity index (χ4v) is 2.26. The molecule has 0 radical (unpaired) electrons. The standard InChI is InChI=1S/C14H20O4/c1-10-4-12(16-2)13(17-3)5-11(10)6-14(7-15)8-18-9-14/h4-5,15H,6-9H2,1-3H3. The zero-order valence-electron chi connectivity index (χ0n) is 11.2. The molecule has 0 spiro atoms. The molecule has 0 saturated carbocycles. The van der Waals surface area contributed by atoms with E-state index in [9.17, 15) is 5.11 Å². The summed E-state index contributed by atoms with van der Waals surface area (Å²) in [6.07, 6.45) is 0.801. The Morgan fingerprint density at radius 2 is 1.83 bits per heavy atom. The van der Waals surface area contributed by atoms with Gasteiger partial charge < -0.3 is 19.3 Å². The lowest BCUT2D eigenvalue weighted by molar-refractivity contribution is -0.136. The van der Waals surface area contributed by atoms with Crippen molar-refractivity contribution in [3.63, 3.8) is 0 Å². The van der Waals surface area contributed by atoms with Crippen LogP contribution in [0.2, 0.25) is 0 Å². The minimum atomic E-state index is -0.121. The number of hydrogen-bond donors (Lipinski definition) is 1. The molecule has 1 saturated heterocycles. The summed E-state index contributed by atoms with van der Waals surface area (Å²) in [5, 5.41) is 9.48. The van der Waals surface area contributed by atoms with Crippen molar-refractivity contribution >= 4 is 0 Å². The van der Waals surface area contributed by atoms with Gasteiger partial charge in [0.1, 0.15) is 0 Å². The molecule has 1 fully saturated rings. The van der Waals surface area contributed by atoms with Gasteiger partial charge in [0.2, 0.25) is 0 Å². The highest BCUT2D eigenvalue weighted by Gasteiger charge is 2.38. The molecule has 4 heteroatoms. The zero-order valence-corrected chi connectivity index (χ0v) is 11.2. The van der Waals surface area contributed by atoms with E-state index in [0.717, 1.165) is 23.5 Å². The third kappa shape index (κ3) is 2.31. The van der Waals surface area contributed by atoms with E-state index >= 15 is 0 Å². The van der Waals surface area contributed by atoms with Gasteiger partial charge in [0.15, 0.2) is 11.5 Å². The van der Waals surface area contributed by atoms with Crippen LogP contribution >= 0.6 is 0 Å². The summed E-state index contributed by atoms with van der Waals surface area (Å²) in [6, 6.07) is 3.96. The number of hydrogen-bond acceptors (Lipinski definition) is 4. The number of benzene rings is 1. The first-order valence-corrected chi connectivity index (χ1v) is 6.04. The fourth-order valence-electron chi connectivity index (χ4n) is 2.26. The number of aliphatic hydroxyl groups is 1. The maximum absolute atomic E-state index is 9.48. The van der Waals surface area contributed by atoms with Gasteiger partial charge in [-0.25, -0.2) is 0 Å². The Balaban J connectivity index is 2.27. The normalized spacial score (nSPS) is 17.1. The first kappa shape index (κ1) is 13.2. The largest absolute Gasteiger partial charge is 0.493 e. The highest BCUT2D eigenvalue weighted by molar-refractivity contribution is 5.47. The number of methoxy groups -OCH3 is 2. The second-order valence-electron chi connectivity index (χ2n) is 4.96. The van der Waals surface area contributed by atoms with E-state index in [-0.39, 0.29) is 12.0 Å². The molecular formula is C14H20O4. The van der Waals surface area contributed by atoms with Crippen molar-refractivity contribution < 1.29 is 19.3 Å². The van der Waals surface area contributed by atoms with E-state index in [1.54, 1.807) is 14.2 Å². The average Bonchev–Trinajstić information content (AvgIpc) is 2.35. The van der Waals surface area contributed by atoms with E-state index in [1.807, 2.05) is 19.1 Å². The van der Waals surface area contributed by atoms with Crippen LogP contribution in [0.5, 0.6) is 11.5 Å². The minimum Gasteiger partial charge on any atom is -0.493 e. The Morgan fingerprint density at radius 3 is 2.28 bits per heavy atom. The van der Waals surface area contributed by atoms with Gasteiger partial charge in [0, 0.05) is 5.41 Å². The predicted molar refractivity (Wildman–Crippen MR) is 68.3 cm³/mol. The van der Waals surface area contributed by atoms with Crippen LogP contribution in [0, 0.1) is 12.3 Å². The Hall–Kier alpha value is -1.26. The monoisotopic (exact) mass is 252 g/mol. The molecule has 0 amide bonds. The molecular weight excluding hydrogens is 232 g/mol. The van der Waals surface area contributed by atoms with Gasteiger partial charge in [0.05, 0.1) is 34.0 Å². The summed E-state index contributed by atoms with van der Waals surface area (Å²) in [5.74, 6) is 1.47. The molecule has 0 unspecified atom stereocenters. The lowest BCUT2D eigenvalue weighted by atomic mass is 9.79. The summed E-state index contributed by atoms with van der Waals surface area (Å²) in [5.41, 5.74) is 2.20. The van der Waals surface area contributed by atoms with Gasteiger partial charge >= 0.3 is 0 Å². The van der Waals surface area contributed by atoms with Crippen molar-refractivity contribution in [2.24, 2.45) is 5.41 Å². The number of aliphatic hydroxyl groups excluding tert-OH is 1. The molecule has 1 N–H and O–H groups in total. The van der Waals surface area contributed by atoms with Crippen LogP contribution in [0.15, 0.2) is 12.1 Å². The van der Waals surface area contributed by atoms with Crippen LogP contribution in [0.3, 0.4) is 0 Å². The third-order valence-electron chi connectivity index (χ3n) is 3.56. The molecule has 1 aliphatic heterocycles. The second-order valence-corrected chi connectivity index (χ2v) is 4.96. The number of ether oxygens (including phenoxy) is 3. The highest BCUT2D eigenvalue weighted by atomic mass is 16.5. The van der Waals surface area contributed by atoms with Crippen molar-refractivity contribution in [1.29, 1.82) is 0 Å². The lowest BCUT2D eigenvalue weighted by Crippen LogP contribution is -2.47. The van der Waals surface area contributed by atoms with Gasteiger partial charge in [0.25, 0.3) is 0 Å². The van der Waals surface area contributed by atoms with E-state index < -0.39 is 0 Å². The van der Waals surface area contributed by atoms with E-state index in [0.29, 0.717) is 13.2 Å². The predicted octanol–water partition coefficient (Wildman–Crippen LogP) is 1.56. The molecule has 0 aliphatic carbocycles.